The maximum atomic E-state index is 13.6. The summed E-state index contributed by atoms with van der Waals surface area (Å²) in [5.41, 5.74) is 3.31. The van der Waals surface area contributed by atoms with Crippen LogP contribution in [0.15, 0.2) is 18.2 Å². The summed E-state index contributed by atoms with van der Waals surface area (Å²) in [6.45, 7) is 7.79. The lowest BCUT2D eigenvalue weighted by Crippen LogP contribution is -2.38. The van der Waals surface area contributed by atoms with Crippen LogP contribution in [0.3, 0.4) is 0 Å². The molecule has 0 aliphatic carbocycles. The van der Waals surface area contributed by atoms with Gasteiger partial charge < -0.3 is 9.47 Å². The van der Waals surface area contributed by atoms with Crippen molar-refractivity contribution in [2.75, 3.05) is 25.2 Å². The lowest BCUT2D eigenvalue weighted by Gasteiger charge is -2.23. The first kappa shape index (κ1) is 19.8. The van der Waals surface area contributed by atoms with Gasteiger partial charge in [0.2, 0.25) is 0 Å². The van der Waals surface area contributed by atoms with Crippen LogP contribution in [0.1, 0.15) is 41.5 Å². The van der Waals surface area contributed by atoms with Crippen LogP contribution < -0.4 is 9.64 Å². The van der Waals surface area contributed by atoms with Gasteiger partial charge in [-0.2, -0.15) is 5.10 Å². The molecule has 4 rings (SSSR count). The summed E-state index contributed by atoms with van der Waals surface area (Å²) in [7, 11) is 1.64. The molecule has 0 N–H and O–H groups in total. The highest BCUT2D eigenvalue weighted by Crippen LogP contribution is 2.37. The Morgan fingerprint density at radius 2 is 2.24 bits per heavy atom. The van der Waals surface area contributed by atoms with Gasteiger partial charge in [0.05, 0.1) is 30.2 Å². The van der Waals surface area contributed by atoms with Gasteiger partial charge in [-0.15, -0.1) is 0 Å². The topological polar surface area (TPSA) is 69.5 Å². The van der Waals surface area contributed by atoms with Crippen LogP contribution in [-0.4, -0.2) is 47.0 Å². The molecule has 1 atom stereocenters. The molecule has 0 radical (unpaired) electrons. The summed E-state index contributed by atoms with van der Waals surface area (Å²) in [5.74, 6) is 0.616. The Morgan fingerprint density at radius 3 is 2.93 bits per heavy atom. The minimum atomic E-state index is -0.0985. The van der Waals surface area contributed by atoms with Crippen molar-refractivity contribution in [1.29, 1.82) is 0 Å². The van der Waals surface area contributed by atoms with Crippen molar-refractivity contribution in [2.24, 2.45) is 0 Å². The molecule has 0 saturated carbocycles. The lowest BCUT2D eigenvalue weighted by atomic mass is 10.2. The van der Waals surface area contributed by atoms with Crippen molar-refractivity contribution in [2.45, 2.75) is 46.3 Å². The molecule has 1 aromatic carbocycles. The molecule has 0 bridgehead atoms. The first-order valence-electron chi connectivity index (χ1n) is 9.93. The van der Waals surface area contributed by atoms with Crippen LogP contribution in [0.5, 0.6) is 5.75 Å². The quantitative estimate of drug-likeness (QED) is 0.611. The van der Waals surface area contributed by atoms with Crippen molar-refractivity contribution in [1.82, 2.24) is 14.8 Å². The predicted octanol–water partition coefficient (Wildman–Crippen LogP) is 3.96. The van der Waals surface area contributed by atoms with E-state index in [1.807, 2.05) is 39.0 Å². The van der Waals surface area contributed by atoms with Crippen LogP contribution in [0, 0.1) is 13.8 Å². The first-order chi connectivity index (χ1) is 14.0. The van der Waals surface area contributed by atoms with E-state index in [0.29, 0.717) is 29.7 Å². The summed E-state index contributed by atoms with van der Waals surface area (Å²) < 4.78 is 14.1. The van der Waals surface area contributed by atoms with E-state index in [9.17, 15) is 4.79 Å². The van der Waals surface area contributed by atoms with E-state index in [0.717, 1.165) is 40.9 Å². The highest BCUT2D eigenvalue weighted by Gasteiger charge is 2.29. The molecule has 1 aliphatic heterocycles. The molecule has 1 amide bonds. The zero-order valence-electron chi connectivity index (χ0n) is 17.3. The molecule has 8 heteroatoms. The maximum Gasteiger partial charge on any atom is 0.278 e. The second kappa shape index (κ2) is 8.12. The second-order valence-electron chi connectivity index (χ2n) is 7.30. The first-order valence-corrected chi connectivity index (χ1v) is 10.8. The Hall–Kier alpha value is -2.45. The van der Waals surface area contributed by atoms with E-state index in [1.54, 1.807) is 16.7 Å². The number of fused-ring (bicyclic) bond motifs is 1. The number of anilines is 1. The highest BCUT2D eigenvalue weighted by molar-refractivity contribution is 7.22. The number of hydrogen-bond donors (Lipinski definition) is 0. The fourth-order valence-corrected chi connectivity index (χ4v) is 4.77. The molecule has 1 aliphatic rings. The third-order valence-electron chi connectivity index (χ3n) is 5.22. The van der Waals surface area contributed by atoms with Gasteiger partial charge in [0.25, 0.3) is 5.91 Å². The summed E-state index contributed by atoms with van der Waals surface area (Å²) in [4.78, 5) is 20.1. The number of benzene rings is 1. The normalized spacial score (nSPS) is 16.5. The summed E-state index contributed by atoms with van der Waals surface area (Å²) in [5, 5.41) is 5.10. The standard InChI is InChI=1S/C21H26N4O3S/c1-5-25-16(11-14(3)23-25)20(26)24(12-15-7-6-10-28-15)21-22-18-17(27-4)9-8-13(2)19(18)29-21/h8-9,11,15H,5-7,10,12H2,1-4H3. The van der Waals surface area contributed by atoms with Crippen LogP contribution >= 0.6 is 11.3 Å². The van der Waals surface area contributed by atoms with Gasteiger partial charge in [0.1, 0.15) is 17.0 Å². The number of aromatic nitrogens is 3. The van der Waals surface area contributed by atoms with Gasteiger partial charge >= 0.3 is 0 Å². The minimum Gasteiger partial charge on any atom is -0.494 e. The number of hydrogen-bond acceptors (Lipinski definition) is 6. The van der Waals surface area contributed by atoms with E-state index in [4.69, 9.17) is 14.5 Å². The zero-order chi connectivity index (χ0) is 20.5. The van der Waals surface area contributed by atoms with Crippen molar-refractivity contribution >= 4 is 32.6 Å². The predicted molar refractivity (Wildman–Crippen MR) is 114 cm³/mol. The third kappa shape index (κ3) is 3.74. The molecule has 7 nitrogen and oxygen atoms in total. The molecule has 29 heavy (non-hydrogen) atoms. The SMILES string of the molecule is CCn1nc(C)cc1C(=O)N(CC1CCCO1)c1nc2c(OC)ccc(C)c2s1. The van der Waals surface area contributed by atoms with Gasteiger partial charge in [0, 0.05) is 13.2 Å². The Labute approximate surface area is 174 Å². The third-order valence-corrected chi connectivity index (χ3v) is 6.43. The van der Waals surface area contributed by atoms with Gasteiger partial charge in [0.15, 0.2) is 5.13 Å². The fraction of sp³-hybridized carbons (Fsp3) is 0.476. The second-order valence-corrected chi connectivity index (χ2v) is 8.27. The van der Waals surface area contributed by atoms with E-state index in [-0.39, 0.29) is 12.0 Å². The number of thiazole rings is 1. The van der Waals surface area contributed by atoms with Crippen molar-refractivity contribution in [3.05, 3.63) is 35.2 Å². The average molecular weight is 415 g/mol. The molecule has 1 saturated heterocycles. The van der Waals surface area contributed by atoms with E-state index < -0.39 is 0 Å². The number of carbonyl (C=O) groups excluding carboxylic acids is 1. The number of carbonyl (C=O) groups is 1. The molecule has 1 unspecified atom stereocenters. The number of aryl methyl sites for hydroxylation is 3. The van der Waals surface area contributed by atoms with Crippen LogP contribution in [0.25, 0.3) is 10.2 Å². The van der Waals surface area contributed by atoms with E-state index in [1.165, 1.54) is 11.3 Å². The van der Waals surface area contributed by atoms with Crippen molar-refractivity contribution in [3.63, 3.8) is 0 Å². The number of amides is 1. The Bertz CT molecular complexity index is 1040. The number of methoxy groups -OCH3 is 1. The fourth-order valence-electron chi connectivity index (χ4n) is 3.72. The monoisotopic (exact) mass is 414 g/mol. The van der Waals surface area contributed by atoms with Gasteiger partial charge in [-0.3, -0.25) is 14.4 Å². The lowest BCUT2D eigenvalue weighted by molar-refractivity contribution is 0.0908. The number of ether oxygens (including phenoxy) is 2. The molecule has 2 aromatic heterocycles. The highest BCUT2D eigenvalue weighted by atomic mass is 32.1. The summed E-state index contributed by atoms with van der Waals surface area (Å²) in [6.07, 6.45) is 1.99. The van der Waals surface area contributed by atoms with Gasteiger partial charge in [-0.25, -0.2) is 4.98 Å². The summed E-state index contributed by atoms with van der Waals surface area (Å²) >= 11 is 1.52. The molecular formula is C21H26N4O3S. The zero-order valence-corrected chi connectivity index (χ0v) is 18.1. The summed E-state index contributed by atoms with van der Waals surface area (Å²) in [6, 6.07) is 5.78. The van der Waals surface area contributed by atoms with Crippen LogP contribution in [-0.2, 0) is 11.3 Å². The smallest absolute Gasteiger partial charge is 0.278 e. The molecule has 3 heterocycles. The molecule has 1 fully saturated rings. The van der Waals surface area contributed by atoms with Crippen LogP contribution in [0.2, 0.25) is 0 Å². The molecular weight excluding hydrogens is 388 g/mol. The Morgan fingerprint density at radius 1 is 1.41 bits per heavy atom. The maximum absolute atomic E-state index is 13.6. The number of nitrogens with zero attached hydrogens (tertiary/aromatic N) is 4. The Kier molecular flexibility index (Phi) is 5.56. The molecule has 3 aromatic rings. The van der Waals surface area contributed by atoms with Crippen molar-refractivity contribution < 1.29 is 14.3 Å². The van der Waals surface area contributed by atoms with Crippen molar-refractivity contribution in [3.8, 4) is 5.75 Å². The average Bonchev–Trinajstić information content (AvgIpc) is 3.45. The Balaban J connectivity index is 1.79. The van der Waals surface area contributed by atoms with Gasteiger partial charge in [-0.1, -0.05) is 17.4 Å². The van der Waals surface area contributed by atoms with E-state index >= 15 is 0 Å². The molecule has 154 valence electrons. The van der Waals surface area contributed by atoms with E-state index in [2.05, 4.69) is 5.10 Å². The minimum absolute atomic E-state index is 0.0213. The largest absolute Gasteiger partial charge is 0.494 e. The molecule has 0 spiro atoms. The van der Waals surface area contributed by atoms with Gasteiger partial charge in [-0.05, 0) is 51.3 Å². The van der Waals surface area contributed by atoms with Crippen LogP contribution in [0.4, 0.5) is 5.13 Å². The number of rotatable bonds is 6.